The van der Waals surface area contributed by atoms with E-state index < -0.39 is 0 Å². The van der Waals surface area contributed by atoms with Crippen LogP contribution in [0.5, 0.6) is 0 Å². The van der Waals surface area contributed by atoms with E-state index in [1.54, 1.807) is 0 Å². The standard InChI is InChI=1S/C23H24N4O/c1-15-11-19-20(25-23(15)28)6-3-7-22(19)27-10-4-5-17-12-16(8-9-21(17)27)18-13-24-26(2)14-18/h3,6-9,12-15H,4-5,10-11H2,1-2H3,(H,25,28)/t15-/m0/s1. The Balaban J connectivity index is 1.56. The normalized spacial score (nSPS) is 18.4. The van der Waals surface area contributed by atoms with Crippen LogP contribution in [-0.2, 0) is 24.7 Å². The third-order valence-electron chi connectivity index (χ3n) is 5.89. The van der Waals surface area contributed by atoms with Crippen molar-refractivity contribution in [1.82, 2.24) is 9.78 Å². The molecule has 2 aliphatic rings. The molecule has 1 aromatic heterocycles. The van der Waals surface area contributed by atoms with Crippen molar-refractivity contribution in [2.45, 2.75) is 26.2 Å². The lowest BCUT2D eigenvalue weighted by Crippen LogP contribution is -2.31. The molecule has 0 aliphatic carbocycles. The first kappa shape index (κ1) is 17.0. The number of aryl methyl sites for hydroxylation is 2. The van der Waals surface area contributed by atoms with Gasteiger partial charge in [-0.3, -0.25) is 9.48 Å². The summed E-state index contributed by atoms with van der Waals surface area (Å²) in [6, 6.07) is 13.0. The van der Waals surface area contributed by atoms with Crippen LogP contribution in [0.1, 0.15) is 24.5 Å². The van der Waals surface area contributed by atoms with Crippen LogP contribution in [0.4, 0.5) is 17.1 Å². The summed E-state index contributed by atoms with van der Waals surface area (Å²) in [5, 5.41) is 7.37. The summed E-state index contributed by atoms with van der Waals surface area (Å²) in [6.07, 6.45) is 6.97. The fourth-order valence-corrected chi connectivity index (χ4v) is 4.41. The molecule has 3 aromatic rings. The second kappa shape index (κ2) is 6.51. The average molecular weight is 372 g/mol. The van der Waals surface area contributed by atoms with Crippen LogP contribution < -0.4 is 10.2 Å². The van der Waals surface area contributed by atoms with E-state index in [0.29, 0.717) is 0 Å². The Hall–Kier alpha value is -3.08. The molecule has 1 N–H and O–H groups in total. The van der Waals surface area contributed by atoms with E-state index in [4.69, 9.17) is 0 Å². The number of nitrogens with zero attached hydrogens (tertiary/aromatic N) is 3. The molecule has 5 rings (SSSR count). The molecule has 5 heteroatoms. The van der Waals surface area contributed by atoms with Crippen molar-refractivity contribution in [2.24, 2.45) is 13.0 Å². The lowest BCUT2D eigenvalue weighted by Gasteiger charge is -2.35. The van der Waals surface area contributed by atoms with Gasteiger partial charge in [-0.2, -0.15) is 5.10 Å². The maximum absolute atomic E-state index is 12.1. The summed E-state index contributed by atoms with van der Waals surface area (Å²) in [4.78, 5) is 14.5. The van der Waals surface area contributed by atoms with E-state index in [-0.39, 0.29) is 11.8 Å². The van der Waals surface area contributed by atoms with Gasteiger partial charge in [-0.25, -0.2) is 0 Å². The molecule has 1 atom stereocenters. The summed E-state index contributed by atoms with van der Waals surface area (Å²) in [5.41, 5.74) is 8.44. The lowest BCUT2D eigenvalue weighted by atomic mass is 9.91. The molecule has 1 amide bonds. The lowest BCUT2D eigenvalue weighted by molar-refractivity contribution is -0.119. The van der Waals surface area contributed by atoms with Gasteiger partial charge in [0.1, 0.15) is 0 Å². The highest BCUT2D eigenvalue weighted by Crippen LogP contribution is 2.41. The number of nitrogens with one attached hydrogen (secondary N) is 1. The van der Waals surface area contributed by atoms with Gasteiger partial charge in [0.05, 0.1) is 6.20 Å². The Kier molecular flexibility index (Phi) is 3.97. The minimum absolute atomic E-state index is 0.00543. The number of anilines is 3. The monoisotopic (exact) mass is 372 g/mol. The fraction of sp³-hybridized carbons (Fsp3) is 0.304. The number of hydrogen-bond donors (Lipinski definition) is 1. The topological polar surface area (TPSA) is 50.2 Å². The van der Waals surface area contributed by atoms with E-state index in [1.807, 2.05) is 37.0 Å². The molecule has 2 aromatic carbocycles. The summed E-state index contributed by atoms with van der Waals surface area (Å²) < 4.78 is 1.84. The third kappa shape index (κ3) is 2.78. The van der Waals surface area contributed by atoms with Crippen LogP contribution in [0.25, 0.3) is 11.1 Å². The average Bonchev–Trinajstić information content (AvgIpc) is 3.14. The van der Waals surface area contributed by atoms with E-state index in [2.05, 4.69) is 45.8 Å². The summed E-state index contributed by atoms with van der Waals surface area (Å²) in [6.45, 7) is 3.00. The zero-order valence-corrected chi connectivity index (χ0v) is 16.3. The van der Waals surface area contributed by atoms with Gasteiger partial charge in [0.25, 0.3) is 0 Å². The third-order valence-corrected chi connectivity index (χ3v) is 5.89. The zero-order valence-electron chi connectivity index (χ0n) is 16.3. The second-order valence-electron chi connectivity index (χ2n) is 7.90. The van der Waals surface area contributed by atoms with E-state index in [1.165, 1.54) is 28.1 Å². The molecule has 5 nitrogen and oxygen atoms in total. The Bertz CT molecular complexity index is 1070. The Morgan fingerprint density at radius 3 is 2.86 bits per heavy atom. The summed E-state index contributed by atoms with van der Waals surface area (Å²) >= 11 is 0. The quantitative estimate of drug-likeness (QED) is 0.730. The first-order valence-corrected chi connectivity index (χ1v) is 9.92. The van der Waals surface area contributed by atoms with Gasteiger partial charge in [0, 0.05) is 53.9 Å². The number of carbonyl (C=O) groups is 1. The molecule has 2 aliphatic heterocycles. The molecular weight excluding hydrogens is 348 g/mol. The number of rotatable bonds is 2. The van der Waals surface area contributed by atoms with Crippen LogP contribution in [0.3, 0.4) is 0 Å². The molecule has 0 saturated carbocycles. The Labute approximate surface area is 165 Å². The number of fused-ring (bicyclic) bond motifs is 2. The van der Waals surface area contributed by atoms with Gasteiger partial charge in [0.2, 0.25) is 5.91 Å². The molecule has 0 bridgehead atoms. The molecule has 0 spiro atoms. The first-order valence-electron chi connectivity index (χ1n) is 9.92. The minimum atomic E-state index is 0.00543. The highest BCUT2D eigenvalue weighted by Gasteiger charge is 2.28. The highest BCUT2D eigenvalue weighted by molar-refractivity contribution is 5.97. The predicted octanol–water partition coefficient (Wildman–Crippen LogP) is 4.30. The van der Waals surface area contributed by atoms with Crippen molar-refractivity contribution in [3.63, 3.8) is 0 Å². The van der Waals surface area contributed by atoms with Crippen LogP contribution in [0.15, 0.2) is 48.8 Å². The van der Waals surface area contributed by atoms with Crippen molar-refractivity contribution < 1.29 is 4.79 Å². The van der Waals surface area contributed by atoms with E-state index in [0.717, 1.165) is 37.1 Å². The molecule has 0 unspecified atom stereocenters. The van der Waals surface area contributed by atoms with Gasteiger partial charge in [-0.05, 0) is 54.7 Å². The molecule has 0 radical (unpaired) electrons. The van der Waals surface area contributed by atoms with E-state index in [9.17, 15) is 4.79 Å². The highest BCUT2D eigenvalue weighted by atomic mass is 16.1. The van der Waals surface area contributed by atoms with Crippen molar-refractivity contribution in [3.05, 3.63) is 59.9 Å². The Morgan fingerprint density at radius 2 is 2.04 bits per heavy atom. The van der Waals surface area contributed by atoms with Gasteiger partial charge in [-0.15, -0.1) is 0 Å². The Morgan fingerprint density at radius 1 is 1.14 bits per heavy atom. The van der Waals surface area contributed by atoms with Crippen LogP contribution >= 0.6 is 0 Å². The molecule has 28 heavy (non-hydrogen) atoms. The van der Waals surface area contributed by atoms with E-state index >= 15 is 0 Å². The van der Waals surface area contributed by atoms with Gasteiger partial charge < -0.3 is 10.2 Å². The van der Waals surface area contributed by atoms with Crippen LogP contribution in [0, 0.1) is 5.92 Å². The summed E-state index contributed by atoms with van der Waals surface area (Å²) in [5.74, 6) is 0.121. The molecular formula is C23H24N4O. The number of hydrogen-bond acceptors (Lipinski definition) is 3. The van der Waals surface area contributed by atoms with Crippen molar-refractivity contribution in [1.29, 1.82) is 0 Å². The minimum Gasteiger partial charge on any atom is -0.341 e. The number of amides is 1. The second-order valence-corrected chi connectivity index (χ2v) is 7.90. The number of carbonyl (C=O) groups excluding carboxylic acids is 1. The largest absolute Gasteiger partial charge is 0.341 e. The SMILES string of the molecule is C[C@H]1Cc2c(cccc2N2CCCc3cc(-c4cnn(C)c4)ccc32)NC1=O. The van der Waals surface area contributed by atoms with Crippen molar-refractivity contribution in [2.75, 3.05) is 16.8 Å². The predicted molar refractivity (Wildman–Crippen MR) is 112 cm³/mol. The maximum atomic E-state index is 12.1. The molecule has 142 valence electrons. The number of aromatic nitrogens is 2. The first-order chi connectivity index (χ1) is 13.6. The number of benzene rings is 2. The van der Waals surface area contributed by atoms with Gasteiger partial charge in [0.15, 0.2) is 0 Å². The maximum Gasteiger partial charge on any atom is 0.227 e. The van der Waals surface area contributed by atoms with Gasteiger partial charge >= 0.3 is 0 Å². The van der Waals surface area contributed by atoms with Crippen LogP contribution in [-0.4, -0.2) is 22.2 Å². The van der Waals surface area contributed by atoms with Crippen molar-refractivity contribution >= 4 is 23.0 Å². The smallest absolute Gasteiger partial charge is 0.227 e. The molecule has 3 heterocycles. The summed E-state index contributed by atoms with van der Waals surface area (Å²) in [7, 11) is 1.95. The van der Waals surface area contributed by atoms with Gasteiger partial charge in [-0.1, -0.05) is 19.1 Å². The zero-order chi connectivity index (χ0) is 19.3. The van der Waals surface area contributed by atoms with Crippen LogP contribution in [0.2, 0.25) is 0 Å². The van der Waals surface area contributed by atoms with Crippen molar-refractivity contribution in [3.8, 4) is 11.1 Å². The fourth-order valence-electron chi connectivity index (χ4n) is 4.41. The molecule has 0 fully saturated rings. The molecule has 0 saturated heterocycles.